The molecule has 5 nitrogen and oxygen atoms in total. The Hall–Kier alpha value is -1.10. The van der Waals surface area contributed by atoms with Crippen molar-refractivity contribution in [2.75, 3.05) is 13.7 Å². The maximum Gasteiger partial charge on any atom is 0.331 e. The van der Waals surface area contributed by atoms with Gasteiger partial charge in [0.05, 0.1) is 6.61 Å². The van der Waals surface area contributed by atoms with E-state index in [1.165, 1.54) is 39.7 Å². The standard InChI is InChI=1S/C14H25NO4/c1-14(10-19-2,13(17)18)15-12(16)9-5-8-11-6-3-4-7-11/h11H,3-10H2,1-2H3,(H,15,16)(H,17,18). The van der Waals surface area contributed by atoms with Crippen molar-refractivity contribution in [1.82, 2.24) is 5.32 Å². The zero-order valence-electron chi connectivity index (χ0n) is 11.9. The van der Waals surface area contributed by atoms with Gasteiger partial charge in [0.15, 0.2) is 5.54 Å². The smallest absolute Gasteiger partial charge is 0.331 e. The molecule has 0 aliphatic heterocycles. The lowest BCUT2D eigenvalue weighted by atomic mass is 9.99. The molecule has 0 heterocycles. The topological polar surface area (TPSA) is 75.6 Å². The molecule has 1 aliphatic carbocycles. The highest BCUT2D eigenvalue weighted by molar-refractivity contribution is 5.86. The second kappa shape index (κ2) is 7.48. The summed E-state index contributed by atoms with van der Waals surface area (Å²) < 4.78 is 4.86. The first kappa shape index (κ1) is 16.0. The predicted molar refractivity (Wildman–Crippen MR) is 71.9 cm³/mol. The van der Waals surface area contributed by atoms with Crippen molar-refractivity contribution in [3.63, 3.8) is 0 Å². The van der Waals surface area contributed by atoms with Crippen molar-refractivity contribution >= 4 is 11.9 Å². The van der Waals surface area contributed by atoms with Gasteiger partial charge in [-0.1, -0.05) is 25.7 Å². The number of hydrogen-bond acceptors (Lipinski definition) is 3. The van der Waals surface area contributed by atoms with Crippen LogP contribution in [-0.4, -0.2) is 36.2 Å². The Balaban J connectivity index is 2.29. The number of amides is 1. The Kier molecular flexibility index (Phi) is 6.28. The van der Waals surface area contributed by atoms with Crippen molar-refractivity contribution < 1.29 is 19.4 Å². The van der Waals surface area contributed by atoms with Crippen LogP contribution in [0.1, 0.15) is 51.9 Å². The molecule has 1 rings (SSSR count). The molecule has 0 spiro atoms. The van der Waals surface area contributed by atoms with Crippen LogP contribution < -0.4 is 5.32 Å². The Labute approximate surface area is 114 Å². The summed E-state index contributed by atoms with van der Waals surface area (Å²) in [6.07, 6.45) is 7.46. The van der Waals surface area contributed by atoms with E-state index >= 15 is 0 Å². The highest BCUT2D eigenvalue weighted by Gasteiger charge is 2.34. The largest absolute Gasteiger partial charge is 0.479 e. The van der Waals surface area contributed by atoms with Crippen molar-refractivity contribution in [1.29, 1.82) is 0 Å². The lowest BCUT2D eigenvalue weighted by Gasteiger charge is -2.25. The molecule has 1 unspecified atom stereocenters. The van der Waals surface area contributed by atoms with Gasteiger partial charge in [0.1, 0.15) is 0 Å². The van der Waals surface area contributed by atoms with Gasteiger partial charge in [0, 0.05) is 13.5 Å². The lowest BCUT2D eigenvalue weighted by Crippen LogP contribution is -2.55. The normalized spacial score (nSPS) is 19.1. The lowest BCUT2D eigenvalue weighted by molar-refractivity contribution is -0.149. The quantitative estimate of drug-likeness (QED) is 0.707. The SMILES string of the molecule is COCC(C)(NC(=O)CCCC1CCCC1)C(=O)O. The molecule has 1 aliphatic rings. The van der Waals surface area contributed by atoms with E-state index < -0.39 is 11.5 Å². The number of carboxylic acids is 1. The van der Waals surface area contributed by atoms with Crippen LogP contribution in [0.25, 0.3) is 0 Å². The van der Waals surface area contributed by atoms with E-state index in [4.69, 9.17) is 9.84 Å². The minimum Gasteiger partial charge on any atom is -0.479 e. The van der Waals surface area contributed by atoms with Crippen LogP contribution in [-0.2, 0) is 14.3 Å². The highest BCUT2D eigenvalue weighted by Crippen LogP contribution is 2.28. The number of methoxy groups -OCH3 is 1. The number of carboxylic acid groups (broad SMARTS) is 1. The van der Waals surface area contributed by atoms with Gasteiger partial charge in [0.25, 0.3) is 0 Å². The maximum absolute atomic E-state index is 11.8. The summed E-state index contributed by atoms with van der Waals surface area (Å²) in [5.74, 6) is -0.518. The molecule has 2 N–H and O–H groups in total. The zero-order chi connectivity index (χ0) is 14.3. The summed E-state index contributed by atoms with van der Waals surface area (Å²) in [5, 5.41) is 11.7. The van der Waals surface area contributed by atoms with E-state index in [2.05, 4.69) is 5.32 Å². The number of carbonyl (C=O) groups excluding carboxylic acids is 1. The van der Waals surface area contributed by atoms with Gasteiger partial charge in [-0.3, -0.25) is 4.79 Å². The van der Waals surface area contributed by atoms with E-state index in [1.807, 2.05) is 0 Å². The number of ether oxygens (including phenoxy) is 1. The molecule has 0 aromatic heterocycles. The minimum atomic E-state index is -1.33. The molecular formula is C14H25NO4. The molecule has 1 amide bonds. The first-order valence-electron chi connectivity index (χ1n) is 7.01. The maximum atomic E-state index is 11.8. The fourth-order valence-electron chi connectivity index (χ4n) is 2.66. The van der Waals surface area contributed by atoms with Crippen LogP contribution in [0.5, 0.6) is 0 Å². The monoisotopic (exact) mass is 271 g/mol. The van der Waals surface area contributed by atoms with Gasteiger partial charge in [-0.25, -0.2) is 4.79 Å². The van der Waals surface area contributed by atoms with Crippen LogP contribution >= 0.6 is 0 Å². The molecule has 1 fully saturated rings. The third-order valence-corrected chi connectivity index (χ3v) is 3.81. The summed E-state index contributed by atoms with van der Waals surface area (Å²) in [6.45, 7) is 1.43. The molecule has 1 atom stereocenters. The summed E-state index contributed by atoms with van der Waals surface area (Å²) in [6, 6.07) is 0. The van der Waals surface area contributed by atoms with Gasteiger partial charge in [-0.15, -0.1) is 0 Å². The van der Waals surface area contributed by atoms with Crippen molar-refractivity contribution in [2.24, 2.45) is 5.92 Å². The van der Waals surface area contributed by atoms with E-state index in [1.54, 1.807) is 0 Å². The van der Waals surface area contributed by atoms with Gasteiger partial charge in [0.2, 0.25) is 5.91 Å². The van der Waals surface area contributed by atoms with Crippen LogP contribution in [0.3, 0.4) is 0 Å². The molecule has 0 saturated heterocycles. The summed E-state index contributed by atoms with van der Waals surface area (Å²) in [4.78, 5) is 22.9. The molecule has 19 heavy (non-hydrogen) atoms. The Morgan fingerprint density at radius 3 is 2.53 bits per heavy atom. The number of nitrogens with one attached hydrogen (secondary N) is 1. The molecular weight excluding hydrogens is 246 g/mol. The molecule has 5 heteroatoms. The first-order valence-corrected chi connectivity index (χ1v) is 7.01. The van der Waals surface area contributed by atoms with E-state index in [0.29, 0.717) is 6.42 Å². The number of carbonyl (C=O) groups is 2. The number of aliphatic carboxylic acids is 1. The Morgan fingerprint density at radius 1 is 1.37 bits per heavy atom. The van der Waals surface area contributed by atoms with Crippen LogP contribution in [0, 0.1) is 5.92 Å². The molecule has 1 saturated carbocycles. The highest BCUT2D eigenvalue weighted by atomic mass is 16.5. The molecule has 0 bridgehead atoms. The number of hydrogen-bond donors (Lipinski definition) is 2. The van der Waals surface area contributed by atoms with Crippen LogP contribution in [0.2, 0.25) is 0 Å². The molecule has 110 valence electrons. The van der Waals surface area contributed by atoms with E-state index in [-0.39, 0.29) is 12.5 Å². The van der Waals surface area contributed by atoms with Crippen molar-refractivity contribution in [3.05, 3.63) is 0 Å². The average Bonchev–Trinajstić information content (AvgIpc) is 2.82. The third kappa shape index (κ3) is 5.19. The third-order valence-electron chi connectivity index (χ3n) is 3.81. The van der Waals surface area contributed by atoms with Crippen molar-refractivity contribution in [2.45, 2.75) is 57.4 Å². The van der Waals surface area contributed by atoms with Gasteiger partial charge >= 0.3 is 5.97 Å². The van der Waals surface area contributed by atoms with Crippen molar-refractivity contribution in [3.8, 4) is 0 Å². The second-order valence-electron chi connectivity index (χ2n) is 5.66. The van der Waals surface area contributed by atoms with E-state index in [9.17, 15) is 9.59 Å². The second-order valence-corrected chi connectivity index (χ2v) is 5.66. The van der Waals surface area contributed by atoms with E-state index in [0.717, 1.165) is 18.8 Å². The number of rotatable bonds is 8. The van der Waals surface area contributed by atoms with Crippen LogP contribution in [0.15, 0.2) is 0 Å². The van der Waals surface area contributed by atoms with Crippen LogP contribution in [0.4, 0.5) is 0 Å². The molecule has 0 aromatic rings. The summed E-state index contributed by atoms with van der Waals surface area (Å²) in [5.41, 5.74) is -1.33. The van der Waals surface area contributed by atoms with Gasteiger partial charge in [-0.05, 0) is 25.7 Å². The van der Waals surface area contributed by atoms with Gasteiger partial charge < -0.3 is 15.2 Å². The Morgan fingerprint density at radius 2 is 2.00 bits per heavy atom. The average molecular weight is 271 g/mol. The summed E-state index contributed by atoms with van der Waals surface area (Å²) >= 11 is 0. The molecule has 0 aromatic carbocycles. The minimum absolute atomic E-state index is 0.0311. The zero-order valence-corrected chi connectivity index (χ0v) is 11.9. The summed E-state index contributed by atoms with van der Waals surface area (Å²) in [7, 11) is 1.42. The Bertz CT molecular complexity index is 313. The fraction of sp³-hybridized carbons (Fsp3) is 0.857. The molecule has 0 radical (unpaired) electrons. The van der Waals surface area contributed by atoms with Gasteiger partial charge in [-0.2, -0.15) is 0 Å². The predicted octanol–water partition coefficient (Wildman–Crippen LogP) is 1.95. The fourth-order valence-corrected chi connectivity index (χ4v) is 2.66. The first-order chi connectivity index (χ1) is 8.98.